The van der Waals surface area contributed by atoms with E-state index < -0.39 is 0 Å². The van der Waals surface area contributed by atoms with Gasteiger partial charge in [0.1, 0.15) is 0 Å². The number of hydrazone groups is 1. The number of allylic oxidation sites excluding steroid dienone is 1. The Labute approximate surface area is 127 Å². The molecule has 21 heavy (non-hydrogen) atoms. The van der Waals surface area contributed by atoms with Gasteiger partial charge in [-0.05, 0) is 30.7 Å². The van der Waals surface area contributed by atoms with Gasteiger partial charge in [-0.1, -0.05) is 59.9 Å². The van der Waals surface area contributed by atoms with Crippen LogP contribution >= 0.6 is 11.3 Å². The van der Waals surface area contributed by atoms with E-state index in [2.05, 4.69) is 33.7 Å². The largest absolute Gasteiger partial charge is 0.252 e. The van der Waals surface area contributed by atoms with Crippen molar-refractivity contribution in [3.8, 4) is 0 Å². The molecule has 0 fully saturated rings. The third-order valence-electron chi connectivity index (χ3n) is 2.94. The van der Waals surface area contributed by atoms with Gasteiger partial charge in [0, 0.05) is 0 Å². The maximum atomic E-state index is 4.48. The standard InChI is InChI=1S/C17H15N3S/c1-13(11-12-14-7-3-2-4-8-14)19-20-17-18-15-9-5-6-10-16(15)21-17/h2-12H,1H3,(H,18,20)/b12-11-,19-13+. The molecule has 0 saturated carbocycles. The predicted octanol–water partition coefficient (Wildman–Crippen LogP) is 4.80. The summed E-state index contributed by atoms with van der Waals surface area (Å²) in [6, 6.07) is 18.2. The molecule has 1 aromatic heterocycles. The van der Waals surface area contributed by atoms with Gasteiger partial charge in [-0.2, -0.15) is 5.10 Å². The van der Waals surface area contributed by atoms with Crippen molar-refractivity contribution >= 4 is 38.5 Å². The Bertz CT molecular complexity index is 755. The van der Waals surface area contributed by atoms with Crippen LogP contribution in [0.25, 0.3) is 16.3 Å². The average molecular weight is 293 g/mol. The molecule has 3 nitrogen and oxygen atoms in total. The normalized spacial score (nSPS) is 12.1. The van der Waals surface area contributed by atoms with E-state index in [0.29, 0.717) is 0 Å². The van der Waals surface area contributed by atoms with Crippen molar-refractivity contribution in [2.75, 3.05) is 5.43 Å². The van der Waals surface area contributed by atoms with Gasteiger partial charge in [0.15, 0.2) is 0 Å². The Morgan fingerprint density at radius 3 is 2.67 bits per heavy atom. The molecular weight excluding hydrogens is 278 g/mol. The van der Waals surface area contributed by atoms with E-state index in [1.54, 1.807) is 11.3 Å². The first-order valence-electron chi connectivity index (χ1n) is 6.70. The quantitative estimate of drug-likeness (QED) is 0.554. The molecule has 0 unspecified atom stereocenters. The SMILES string of the molecule is CC(/C=C\c1ccccc1)=N\Nc1nc2ccccc2s1. The van der Waals surface area contributed by atoms with Gasteiger partial charge in [-0.3, -0.25) is 5.43 Å². The number of fused-ring (bicyclic) bond motifs is 1. The topological polar surface area (TPSA) is 37.3 Å². The van der Waals surface area contributed by atoms with Crippen molar-refractivity contribution in [3.63, 3.8) is 0 Å². The molecule has 0 bridgehead atoms. The van der Waals surface area contributed by atoms with Crippen LogP contribution in [0.3, 0.4) is 0 Å². The Kier molecular flexibility index (Phi) is 4.07. The zero-order valence-corrected chi connectivity index (χ0v) is 12.5. The van der Waals surface area contributed by atoms with Crippen molar-refractivity contribution in [1.29, 1.82) is 0 Å². The Morgan fingerprint density at radius 2 is 1.86 bits per heavy atom. The molecule has 0 atom stereocenters. The lowest BCUT2D eigenvalue weighted by Gasteiger charge is -1.95. The summed E-state index contributed by atoms with van der Waals surface area (Å²) in [7, 11) is 0. The first kappa shape index (κ1) is 13.5. The number of thiazole rings is 1. The molecule has 3 aromatic rings. The summed E-state index contributed by atoms with van der Waals surface area (Å²) in [4.78, 5) is 4.48. The number of hydrogen-bond acceptors (Lipinski definition) is 4. The molecule has 1 heterocycles. The zero-order valence-electron chi connectivity index (χ0n) is 11.7. The second-order valence-corrected chi connectivity index (χ2v) is 5.63. The number of rotatable bonds is 4. The van der Waals surface area contributed by atoms with Gasteiger partial charge in [0.05, 0.1) is 15.9 Å². The van der Waals surface area contributed by atoms with Crippen LogP contribution in [0.4, 0.5) is 5.13 Å². The van der Waals surface area contributed by atoms with Gasteiger partial charge >= 0.3 is 0 Å². The van der Waals surface area contributed by atoms with Gasteiger partial charge in [-0.25, -0.2) is 4.98 Å². The van der Waals surface area contributed by atoms with Gasteiger partial charge in [0.2, 0.25) is 5.13 Å². The van der Waals surface area contributed by atoms with Gasteiger partial charge in [-0.15, -0.1) is 0 Å². The molecule has 0 spiro atoms. The second kappa shape index (κ2) is 6.33. The van der Waals surface area contributed by atoms with Crippen LogP contribution in [0, 0.1) is 0 Å². The number of hydrogen-bond donors (Lipinski definition) is 1. The van der Waals surface area contributed by atoms with Gasteiger partial charge < -0.3 is 0 Å². The van der Waals surface area contributed by atoms with Crippen LogP contribution in [0.2, 0.25) is 0 Å². The number of nitrogens with zero attached hydrogens (tertiary/aromatic N) is 2. The van der Waals surface area contributed by atoms with Crippen LogP contribution in [0.15, 0.2) is 65.8 Å². The minimum absolute atomic E-state index is 0.809. The van der Waals surface area contributed by atoms with Crippen LogP contribution in [0.1, 0.15) is 12.5 Å². The highest BCUT2D eigenvalue weighted by atomic mass is 32.1. The summed E-state index contributed by atoms with van der Waals surface area (Å²) in [5.41, 5.74) is 6.07. The molecular formula is C17H15N3S. The summed E-state index contributed by atoms with van der Waals surface area (Å²) < 4.78 is 1.16. The molecule has 104 valence electrons. The van der Waals surface area contributed by atoms with E-state index in [1.807, 2.05) is 55.5 Å². The van der Waals surface area contributed by atoms with E-state index in [0.717, 1.165) is 26.6 Å². The number of nitrogens with one attached hydrogen (secondary N) is 1. The van der Waals surface area contributed by atoms with Crippen molar-refractivity contribution in [2.45, 2.75) is 6.92 Å². The highest BCUT2D eigenvalue weighted by Gasteiger charge is 2.00. The fourth-order valence-corrected chi connectivity index (χ4v) is 2.68. The number of aromatic nitrogens is 1. The van der Waals surface area contributed by atoms with Crippen molar-refractivity contribution in [3.05, 3.63) is 66.2 Å². The maximum Gasteiger partial charge on any atom is 0.204 e. The molecule has 0 aliphatic rings. The molecule has 0 aliphatic heterocycles. The Morgan fingerprint density at radius 1 is 1.10 bits per heavy atom. The monoisotopic (exact) mass is 293 g/mol. The second-order valence-electron chi connectivity index (χ2n) is 4.60. The van der Waals surface area contributed by atoms with E-state index in [4.69, 9.17) is 0 Å². The minimum atomic E-state index is 0.809. The fourth-order valence-electron chi connectivity index (χ4n) is 1.87. The van der Waals surface area contributed by atoms with E-state index in [-0.39, 0.29) is 0 Å². The van der Waals surface area contributed by atoms with Crippen LogP contribution in [-0.2, 0) is 0 Å². The first-order valence-corrected chi connectivity index (χ1v) is 7.52. The first-order chi connectivity index (χ1) is 10.3. The zero-order chi connectivity index (χ0) is 14.5. The van der Waals surface area contributed by atoms with Crippen molar-refractivity contribution < 1.29 is 0 Å². The highest BCUT2D eigenvalue weighted by Crippen LogP contribution is 2.25. The third kappa shape index (κ3) is 3.55. The summed E-state index contributed by atoms with van der Waals surface area (Å²) in [6.07, 6.45) is 4.02. The molecule has 2 aromatic carbocycles. The predicted molar refractivity (Wildman–Crippen MR) is 91.8 cm³/mol. The third-order valence-corrected chi connectivity index (χ3v) is 3.88. The molecule has 0 aliphatic carbocycles. The lowest BCUT2D eigenvalue weighted by atomic mass is 10.2. The van der Waals surface area contributed by atoms with E-state index in [1.165, 1.54) is 0 Å². The fraction of sp³-hybridized carbons (Fsp3) is 0.0588. The van der Waals surface area contributed by atoms with Crippen LogP contribution in [0.5, 0.6) is 0 Å². The summed E-state index contributed by atoms with van der Waals surface area (Å²) >= 11 is 1.60. The molecule has 0 radical (unpaired) electrons. The Balaban J connectivity index is 1.69. The van der Waals surface area contributed by atoms with Crippen LogP contribution < -0.4 is 5.43 Å². The maximum absolute atomic E-state index is 4.48. The van der Waals surface area contributed by atoms with Gasteiger partial charge in [0.25, 0.3) is 0 Å². The highest BCUT2D eigenvalue weighted by molar-refractivity contribution is 7.22. The summed E-state index contributed by atoms with van der Waals surface area (Å²) in [5.74, 6) is 0. The number of benzene rings is 2. The average Bonchev–Trinajstić information content (AvgIpc) is 2.95. The van der Waals surface area contributed by atoms with Crippen molar-refractivity contribution in [2.24, 2.45) is 5.10 Å². The van der Waals surface area contributed by atoms with E-state index >= 15 is 0 Å². The summed E-state index contributed by atoms with van der Waals surface area (Å²) in [5, 5.41) is 5.14. The molecule has 3 rings (SSSR count). The smallest absolute Gasteiger partial charge is 0.204 e. The van der Waals surface area contributed by atoms with E-state index in [9.17, 15) is 0 Å². The lowest BCUT2D eigenvalue weighted by Crippen LogP contribution is -1.93. The van der Waals surface area contributed by atoms with Crippen LogP contribution in [-0.4, -0.2) is 10.7 Å². The molecule has 0 amide bonds. The molecule has 4 heteroatoms. The number of anilines is 1. The lowest BCUT2D eigenvalue weighted by molar-refractivity contribution is 1.30. The summed E-state index contributed by atoms with van der Waals surface area (Å²) in [6.45, 7) is 1.96. The Hall–Kier alpha value is -2.46. The molecule has 1 N–H and O–H groups in total. The molecule has 0 saturated heterocycles. The minimum Gasteiger partial charge on any atom is -0.252 e. The number of para-hydroxylation sites is 1. The van der Waals surface area contributed by atoms with Crippen molar-refractivity contribution in [1.82, 2.24) is 4.98 Å².